The number of amides is 1. The lowest BCUT2D eigenvalue weighted by Crippen LogP contribution is -2.27. The van der Waals surface area contributed by atoms with E-state index in [1.54, 1.807) is 10.9 Å². The van der Waals surface area contributed by atoms with Gasteiger partial charge in [0.1, 0.15) is 23.8 Å². The zero-order valence-electron chi connectivity index (χ0n) is 11.6. The second kappa shape index (κ2) is 6.92. The first kappa shape index (κ1) is 15.1. The lowest BCUT2D eigenvalue weighted by Gasteiger charge is -2.07. The van der Waals surface area contributed by atoms with Crippen molar-refractivity contribution in [1.29, 1.82) is 0 Å². The van der Waals surface area contributed by atoms with Crippen LogP contribution in [0.25, 0.3) is 0 Å². The molecular weight excluding hydrogens is 278 g/mol. The van der Waals surface area contributed by atoms with Gasteiger partial charge in [-0.15, -0.1) is 10.2 Å². The number of rotatable bonds is 6. The quantitative estimate of drug-likeness (QED) is 0.880. The van der Waals surface area contributed by atoms with E-state index >= 15 is 0 Å². The molecule has 0 aliphatic carbocycles. The molecule has 0 fully saturated rings. The molecule has 0 saturated carbocycles. The summed E-state index contributed by atoms with van der Waals surface area (Å²) in [4.78, 5) is 11.7. The summed E-state index contributed by atoms with van der Waals surface area (Å²) in [5.74, 6) is -0.730. The van der Waals surface area contributed by atoms with Crippen molar-refractivity contribution in [3.63, 3.8) is 0 Å². The van der Waals surface area contributed by atoms with E-state index in [9.17, 15) is 13.6 Å². The van der Waals surface area contributed by atoms with Crippen LogP contribution >= 0.6 is 0 Å². The van der Waals surface area contributed by atoms with Crippen LogP contribution in [0.1, 0.15) is 17.8 Å². The van der Waals surface area contributed by atoms with E-state index in [4.69, 9.17) is 0 Å². The summed E-state index contributed by atoms with van der Waals surface area (Å²) in [5.41, 5.74) is -0.0534. The van der Waals surface area contributed by atoms with Crippen LogP contribution in [0, 0.1) is 18.6 Å². The van der Waals surface area contributed by atoms with Crippen LogP contribution in [-0.2, 0) is 17.8 Å². The zero-order chi connectivity index (χ0) is 15.2. The Hall–Kier alpha value is -2.31. The molecule has 0 saturated heterocycles. The van der Waals surface area contributed by atoms with Gasteiger partial charge in [0, 0.05) is 25.1 Å². The number of nitrogens with one attached hydrogen (secondary N) is 1. The van der Waals surface area contributed by atoms with Crippen molar-refractivity contribution in [2.45, 2.75) is 26.3 Å². The lowest BCUT2D eigenvalue weighted by atomic mass is 10.1. The van der Waals surface area contributed by atoms with E-state index in [0.29, 0.717) is 13.1 Å². The van der Waals surface area contributed by atoms with Gasteiger partial charge in [-0.1, -0.05) is 6.07 Å². The fraction of sp³-hybridized carbons (Fsp3) is 0.357. The van der Waals surface area contributed by atoms with Gasteiger partial charge in [0.25, 0.3) is 0 Å². The van der Waals surface area contributed by atoms with E-state index in [0.717, 1.165) is 5.82 Å². The van der Waals surface area contributed by atoms with Crippen molar-refractivity contribution in [3.8, 4) is 0 Å². The monoisotopic (exact) mass is 294 g/mol. The van der Waals surface area contributed by atoms with Crippen molar-refractivity contribution < 1.29 is 13.6 Å². The SMILES string of the molecule is Cc1nncn1CCNC(=O)CCc1c(F)cccc1F. The third-order valence-corrected chi connectivity index (χ3v) is 3.15. The van der Waals surface area contributed by atoms with Crippen molar-refractivity contribution in [2.24, 2.45) is 0 Å². The largest absolute Gasteiger partial charge is 0.354 e. The second-order valence-corrected chi connectivity index (χ2v) is 4.62. The maximum atomic E-state index is 13.4. The molecule has 21 heavy (non-hydrogen) atoms. The van der Waals surface area contributed by atoms with Crippen molar-refractivity contribution >= 4 is 5.91 Å². The number of aromatic nitrogens is 3. The van der Waals surface area contributed by atoms with Crippen LogP contribution in [0.4, 0.5) is 8.78 Å². The van der Waals surface area contributed by atoms with Gasteiger partial charge in [0.05, 0.1) is 0 Å². The first-order valence-corrected chi connectivity index (χ1v) is 6.62. The molecule has 1 heterocycles. The molecule has 1 aromatic carbocycles. The molecule has 1 amide bonds. The smallest absolute Gasteiger partial charge is 0.220 e. The molecule has 5 nitrogen and oxygen atoms in total. The van der Waals surface area contributed by atoms with Gasteiger partial charge in [-0.3, -0.25) is 4.79 Å². The van der Waals surface area contributed by atoms with Crippen LogP contribution in [0.15, 0.2) is 24.5 Å². The van der Waals surface area contributed by atoms with E-state index in [2.05, 4.69) is 15.5 Å². The van der Waals surface area contributed by atoms with Crippen molar-refractivity contribution in [1.82, 2.24) is 20.1 Å². The van der Waals surface area contributed by atoms with Gasteiger partial charge in [-0.05, 0) is 25.5 Å². The van der Waals surface area contributed by atoms with Crippen LogP contribution in [0.5, 0.6) is 0 Å². The molecule has 1 aromatic heterocycles. The molecule has 1 N–H and O–H groups in total. The minimum Gasteiger partial charge on any atom is -0.354 e. The minimum atomic E-state index is -0.622. The number of benzene rings is 1. The van der Waals surface area contributed by atoms with E-state index < -0.39 is 11.6 Å². The van der Waals surface area contributed by atoms with E-state index in [1.807, 2.05) is 6.92 Å². The van der Waals surface area contributed by atoms with Gasteiger partial charge in [0.2, 0.25) is 5.91 Å². The molecule has 0 bridgehead atoms. The molecule has 112 valence electrons. The highest BCUT2D eigenvalue weighted by molar-refractivity contribution is 5.76. The summed E-state index contributed by atoms with van der Waals surface area (Å²) >= 11 is 0. The number of aryl methyl sites for hydroxylation is 1. The lowest BCUT2D eigenvalue weighted by molar-refractivity contribution is -0.121. The first-order chi connectivity index (χ1) is 10.1. The van der Waals surface area contributed by atoms with Gasteiger partial charge < -0.3 is 9.88 Å². The molecule has 0 atom stereocenters. The standard InChI is InChI=1S/C14H16F2N4O/c1-10-19-18-9-20(10)8-7-17-14(21)6-5-11-12(15)3-2-4-13(11)16/h2-4,9H,5-8H2,1H3,(H,17,21). The average molecular weight is 294 g/mol. The number of carbonyl (C=O) groups excluding carboxylic acids is 1. The predicted molar refractivity (Wildman–Crippen MR) is 72.4 cm³/mol. The Morgan fingerprint density at radius 3 is 2.67 bits per heavy atom. The summed E-state index contributed by atoms with van der Waals surface area (Å²) in [7, 11) is 0. The Balaban J connectivity index is 1.76. The molecule has 2 aromatic rings. The Labute approximate surface area is 121 Å². The molecule has 0 radical (unpaired) electrons. The molecule has 0 aliphatic heterocycles. The van der Waals surface area contributed by atoms with Crippen LogP contribution < -0.4 is 5.32 Å². The molecule has 0 spiro atoms. The van der Waals surface area contributed by atoms with Gasteiger partial charge >= 0.3 is 0 Å². The Bertz CT molecular complexity index is 607. The molecule has 0 unspecified atom stereocenters. The highest BCUT2D eigenvalue weighted by atomic mass is 19.1. The Morgan fingerprint density at radius 2 is 2.05 bits per heavy atom. The fourth-order valence-corrected chi connectivity index (χ4v) is 1.95. The molecular formula is C14H16F2N4O. The molecule has 2 rings (SSSR count). The highest BCUT2D eigenvalue weighted by Gasteiger charge is 2.10. The molecule has 7 heteroatoms. The van der Waals surface area contributed by atoms with Crippen LogP contribution in [0.2, 0.25) is 0 Å². The number of nitrogens with zero attached hydrogens (tertiary/aromatic N) is 3. The maximum absolute atomic E-state index is 13.4. The van der Waals surface area contributed by atoms with Gasteiger partial charge in [0.15, 0.2) is 0 Å². The van der Waals surface area contributed by atoms with Crippen molar-refractivity contribution in [3.05, 3.63) is 47.5 Å². The predicted octanol–water partition coefficient (Wildman–Crippen LogP) is 1.61. The Morgan fingerprint density at radius 1 is 1.33 bits per heavy atom. The van der Waals surface area contributed by atoms with E-state index in [-0.39, 0.29) is 24.3 Å². The second-order valence-electron chi connectivity index (χ2n) is 4.62. The zero-order valence-corrected chi connectivity index (χ0v) is 11.6. The third kappa shape index (κ3) is 4.08. The topological polar surface area (TPSA) is 59.8 Å². The Kier molecular flexibility index (Phi) is 4.97. The summed E-state index contributed by atoms with van der Waals surface area (Å²) in [6.45, 7) is 2.78. The van der Waals surface area contributed by atoms with Crippen LogP contribution in [-0.4, -0.2) is 27.2 Å². The number of halogens is 2. The highest BCUT2D eigenvalue weighted by Crippen LogP contribution is 2.13. The third-order valence-electron chi connectivity index (χ3n) is 3.15. The normalized spacial score (nSPS) is 10.6. The summed E-state index contributed by atoms with van der Waals surface area (Å²) in [6.07, 6.45) is 1.66. The van der Waals surface area contributed by atoms with E-state index in [1.165, 1.54) is 18.2 Å². The first-order valence-electron chi connectivity index (χ1n) is 6.62. The van der Waals surface area contributed by atoms with Crippen molar-refractivity contribution in [2.75, 3.05) is 6.54 Å². The molecule has 0 aliphatic rings. The number of hydrogen-bond acceptors (Lipinski definition) is 3. The average Bonchev–Trinajstić information content (AvgIpc) is 2.84. The van der Waals surface area contributed by atoms with Gasteiger partial charge in [-0.2, -0.15) is 0 Å². The summed E-state index contributed by atoms with van der Waals surface area (Å²) in [5, 5.41) is 10.3. The van der Waals surface area contributed by atoms with Gasteiger partial charge in [-0.25, -0.2) is 8.78 Å². The van der Waals surface area contributed by atoms with Crippen LogP contribution in [0.3, 0.4) is 0 Å². The minimum absolute atomic E-state index is 0.0377. The summed E-state index contributed by atoms with van der Waals surface area (Å²) < 4.78 is 28.6. The summed E-state index contributed by atoms with van der Waals surface area (Å²) in [6, 6.07) is 3.67. The number of hydrogen-bond donors (Lipinski definition) is 1. The fourth-order valence-electron chi connectivity index (χ4n) is 1.95. The number of carbonyl (C=O) groups is 1. The maximum Gasteiger partial charge on any atom is 0.220 e.